The number of ether oxygens (including phenoxy) is 1. The Bertz CT molecular complexity index is 503. The van der Waals surface area contributed by atoms with Crippen molar-refractivity contribution < 1.29 is 9.53 Å². The van der Waals surface area contributed by atoms with E-state index in [1.807, 2.05) is 11.6 Å². The molecule has 22 heavy (non-hydrogen) atoms. The highest BCUT2D eigenvalue weighted by Gasteiger charge is 2.42. The molecule has 4 rings (SSSR count). The van der Waals surface area contributed by atoms with Gasteiger partial charge in [0.05, 0.1) is 18.8 Å². The maximum atomic E-state index is 11.9. The van der Waals surface area contributed by atoms with Crippen LogP contribution in [0.5, 0.6) is 0 Å². The first kappa shape index (κ1) is 14.6. The monoisotopic (exact) mass is 321 g/mol. The Kier molecular flexibility index (Phi) is 4.15. The van der Waals surface area contributed by atoms with E-state index in [9.17, 15) is 4.79 Å². The summed E-state index contributed by atoms with van der Waals surface area (Å²) in [7, 11) is 0. The summed E-state index contributed by atoms with van der Waals surface area (Å²) in [4.78, 5) is 18.7. The van der Waals surface area contributed by atoms with Gasteiger partial charge in [-0.15, -0.1) is 11.3 Å². The van der Waals surface area contributed by atoms with Crippen molar-refractivity contribution in [2.24, 2.45) is 11.8 Å². The van der Waals surface area contributed by atoms with E-state index in [2.05, 4.69) is 15.2 Å². The van der Waals surface area contributed by atoms with E-state index in [4.69, 9.17) is 4.74 Å². The molecule has 1 amide bonds. The second-order valence-corrected chi connectivity index (χ2v) is 7.76. The summed E-state index contributed by atoms with van der Waals surface area (Å²) in [6, 6.07) is 0. The summed E-state index contributed by atoms with van der Waals surface area (Å²) in [6.45, 7) is 3.72. The Labute approximate surface area is 135 Å². The van der Waals surface area contributed by atoms with Gasteiger partial charge in [-0.05, 0) is 19.3 Å². The number of carbonyl (C=O) groups is 1. The SMILES string of the molecule is O=C(NC[C@@H]1C[C@H]2CN(Cc3nccs3)C[C@H]2O1)C1CCC1. The molecule has 3 heterocycles. The Morgan fingerprint density at radius 1 is 1.45 bits per heavy atom. The Morgan fingerprint density at radius 2 is 2.36 bits per heavy atom. The third-order valence-electron chi connectivity index (χ3n) is 5.21. The number of nitrogens with one attached hydrogen (secondary N) is 1. The van der Waals surface area contributed by atoms with E-state index in [-0.39, 0.29) is 17.9 Å². The van der Waals surface area contributed by atoms with Crippen molar-refractivity contribution in [3.8, 4) is 0 Å². The number of nitrogens with zero attached hydrogens (tertiary/aromatic N) is 2. The lowest BCUT2D eigenvalue weighted by molar-refractivity contribution is -0.128. The maximum absolute atomic E-state index is 11.9. The molecule has 1 aromatic rings. The van der Waals surface area contributed by atoms with Gasteiger partial charge in [-0.25, -0.2) is 4.98 Å². The molecule has 1 N–H and O–H groups in total. The molecule has 3 atom stereocenters. The molecule has 5 nitrogen and oxygen atoms in total. The quantitative estimate of drug-likeness (QED) is 0.896. The highest BCUT2D eigenvalue weighted by molar-refractivity contribution is 7.09. The first-order valence-corrected chi connectivity index (χ1v) is 9.20. The predicted octanol–water partition coefficient (Wildman–Crippen LogP) is 1.65. The maximum Gasteiger partial charge on any atom is 0.223 e. The molecule has 6 heteroatoms. The normalized spacial score (nSPS) is 31.9. The van der Waals surface area contributed by atoms with Gasteiger partial charge in [0.15, 0.2) is 0 Å². The zero-order chi connectivity index (χ0) is 14.9. The molecular formula is C16H23N3O2S. The predicted molar refractivity (Wildman–Crippen MR) is 84.5 cm³/mol. The lowest BCUT2D eigenvalue weighted by Crippen LogP contribution is -2.39. The fraction of sp³-hybridized carbons (Fsp3) is 0.750. The van der Waals surface area contributed by atoms with E-state index in [1.165, 1.54) is 11.4 Å². The van der Waals surface area contributed by atoms with Gasteiger partial charge in [0, 0.05) is 43.0 Å². The topological polar surface area (TPSA) is 54.5 Å². The van der Waals surface area contributed by atoms with Gasteiger partial charge >= 0.3 is 0 Å². The molecule has 0 bridgehead atoms. The molecule has 2 aliphatic heterocycles. The molecule has 0 spiro atoms. The van der Waals surface area contributed by atoms with Crippen LogP contribution >= 0.6 is 11.3 Å². The number of fused-ring (bicyclic) bond motifs is 1. The van der Waals surface area contributed by atoms with E-state index in [1.54, 1.807) is 11.3 Å². The molecule has 0 aromatic carbocycles. The minimum atomic E-state index is 0.209. The van der Waals surface area contributed by atoms with Crippen molar-refractivity contribution >= 4 is 17.2 Å². The Morgan fingerprint density at radius 3 is 3.05 bits per heavy atom. The summed E-state index contributed by atoms with van der Waals surface area (Å²) < 4.78 is 6.14. The van der Waals surface area contributed by atoms with Crippen LogP contribution in [0.25, 0.3) is 0 Å². The minimum Gasteiger partial charge on any atom is -0.371 e. The molecule has 0 radical (unpaired) electrons. The van der Waals surface area contributed by atoms with E-state index in [0.29, 0.717) is 18.6 Å². The molecule has 1 aromatic heterocycles. The minimum absolute atomic E-state index is 0.209. The average molecular weight is 321 g/mol. The molecule has 1 saturated carbocycles. The first-order chi connectivity index (χ1) is 10.8. The van der Waals surface area contributed by atoms with Crippen molar-refractivity contribution in [1.82, 2.24) is 15.2 Å². The average Bonchev–Trinajstić information content (AvgIpc) is 3.10. The van der Waals surface area contributed by atoms with Crippen LogP contribution in [-0.2, 0) is 16.1 Å². The lowest BCUT2D eigenvalue weighted by atomic mass is 9.85. The standard InChI is InChI=1S/C16H23N3O2S/c20-16(11-2-1-3-11)18-7-13-6-12-8-19(9-14(12)21-13)10-15-17-4-5-22-15/h4-5,11-14H,1-3,6-10H2,(H,18,20)/t12-,13-,14+/m0/s1. The Balaban J connectivity index is 1.21. The van der Waals surface area contributed by atoms with Gasteiger partial charge in [0.25, 0.3) is 0 Å². The summed E-state index contributed by atoms with van der Waals surface area (Å²) in [5.41, 5.74) is 0. The number of likely N-dealkylation sites (tertiary alicyclic amines) is 1. The number of thiazole rings is 1. The zero-order valence-corrected chi connectivity index (χ0v) is 13.6. The zero-order valence-electron chi connectivity index (χ0n) is 12.7. The van der Waals surface area contributed by atoms with Gasteiger partial charge in [-0.3, -0.25) is 9.69 Å². The second-order valence-electron chi connectivity index (χ2n) is 6.79. The van der Waals surface area contributed by atoms with E-state index < -0.39 is 0 Å². The highest BCUT2D eigenvalue weighted by atomic mass is 32.1. The summed E-state index contributed by atoms with van der Waals surface area (Å²) in [5.74, 6) is 1.12. The largest absolute Gasteiger partial charge is 0.371 e. The van der Waals surface area contributed by atoms with Crippen LogP contribution in [0.15, 0.2) is 11.6 Å². The smallest absolute Gasteiger partial charge is 0.223 e. The molecule has 0 unspecified atom stereocenters. The van der Waals surface area contributed by atoms with Crippen LogP contribution in [0.4, 0.5) is 0 Å². The van der Waals surface area contributed by atoms with Crippen LogP contribution in [0.1, 0.15) is 30.7 Å². The molecule has 3 aliphatic rings. The van der Waals surface area contributed by atoms with Crippen molar-refractivity contribution in [2.75, 3.05) is 19.6 Å². The third-order valence-corrected chi connectivity index (χ3v) is 5.98. The lowest BCUT2D eigenvalue weighted by Gasteiger charge is -2.25. The summed E-state index contributed by atoms with van der Waals surface area (Å²) >= 11 is 1.72. The second kappa shape index (κ2) is 6.26. The summed E-state index contributed by atoms with van der Waals surface area (Å²) in [5, 5.41) is 6.29. The first-order valence-electron chi connectivity index (χ1n) is 8.32. The van der Waals surface area contributed by atoms with Gasteiger partial charge in [0.2, 0.25) is 5.91 Å². The number of hydrogen-bond donors (Lipinski definition) is 1. The van der Waals surface area contributed by atoms with Crippen LogP contribution in [0.3, 0.4) is 0 Å². The highest BCUT2D eigenvalue weighted by Crippen LogP contribution is 2.33. The van der Waals surface area contributed by atoms with E-state index >= 15 is 0 Å². The number of rotatable bonds is 5. The molecule has 120 valence electrons. The number of amides is 1. The fourth-order valence-electron chi connectivity index (χ4n) is 3.76. The van der Waals surface area contributed by atoms with E-state index in [0.717, 1.165) is 38.9 Å². The van der Waals surface area contributed by atoms with Crippen molar-refractivity contribution in [2.45, 2.75) is 44.4 Å². The fourth-order valence-corrected chi connectivity index (χ4v) is 4.42. The van der Waals surface area contributed by atoms with Crippen LogP contribution < -0.4 is 5.32 Å². The number of hydrogen-bond acceptors (Lipinski definition) is 5. The summed E-state index contributed by atoms with van der Waals surface area (Å²) in [6.07, 6.45) is 6.82. The van der Waals surface area contributed by atoms with Crippen molar-refractivity contribution in [3.05, 3.63) is 16.6 Å². The van der Waals surface area contributed by atoms with Gasteiger partial charge in [-0.2, -0.15) is 0 Å². The van der Waals surface area contributed by atoms with Crippen LogP contribution in [0, 0.1) is 11.8 Å². The van der Waals surface area contributed by atoms with Crippen molar-refractivity contribution in [1.29, 1.82) is 0 Å². The molecule has 2 saturated heterocycles. The third kappa shape index (κ3) is 3.05. The Hall–Kier alpha value is -0.980. The molecule has 1 aliphatic carbocycles. The molecule has 3 fully saturated rings. The molecular weight excluding hydrogens is 298 g/mol. The van der Waals surface area contributed by atoms with Gasteiger partial charge < -0.3 is 10.1 Å². The van der Waals surface area contributed by atoms with Crippen LogP contribution in [0.2, 0.25) is 0 Å². The number of carbonyl (C=O) groups excluding carboxylic acids is 1. The van der Waals surface area contributed by atoms with Gasteiger partial charge in [0.1, 0.15) is 5.01 Å². The van der Waals surface area contributed by atoms with Crippen molar-refractivity contribution in [3.63, 3.8) is 0 Å². The van der Waals surface area contributed by atoms with Crippen LogP contribution in [-0.4, -0.2) is 47.6 Å². The number of aromatic nitrogens is 1. The van der Waals surface area contributed by atoms with Gasteiger partial charge in [-0.1, -0.05) is 6.42 Å².